The maximum atomic E-state index is 6.26. The molecular weight excluding hydrogens is 350 g/mol. The van der Waals surface area contributed by atoms with Gasteiger partial charge in [-0.15, -0.1) is 3.96 Å². The molecule has 0 saturated carbocycles. The first kappa shape index (κ1) is 15.8. The Labute approximate surface area is 155 Å². The molecule has 0 bridgehead atoms. The van der Waals surface area contributed by atoms with E-state index >= 15 is 0 Å². The number of hydrogen-bond donors (Lipinski definition) is 1. The molecule has 122 valence electrons. The zero-order valence-corrected chi connectivity index (χ0v) is 14.8. The molecule has 1 aromatic heterocycles. The lowest BCUT2D eigenvalue weighted by Gasteiger charge is -2.00. The van der Waals surface area contributed by atoms with Gasteiger partial charge in [-0.3, -0.25) is 0 Å². The van der Waals surface area contributed by atoms with Gasteiger partial charge in [0.15, 0.2) is 0 Å². The molecule has 0 unspecified atom stereocenters. The summed E-state index contributed by atoms with van der Waals surface area (Å²) < 4.78 is 2.12. The van der Waals surface area contributed by atoms with Gasteiger partial charge in [-0.2, -0.15) is 0 Å². The number of hydrogen-bond acceptors (Lipinski definition) is 3. The van der Waals surface area contributed by atoms with E-state index in [0.717, 1.165) is 27.9 Å². The van der Waals surface area contributed by atoms with E-state index in [4.69, 9.17) is 16.6 Å². The number of nitrogens with zero attached hydrogens (tertiary/aromatic N) is 2. The lowest BCUT2D eigenvalue weighted by Crippen LogP contribution is -2.27. The van der Waals surface area contributed by atoms with Crippen molar-refractivity contribution in [3.05, 3.63) is 90.0 Å². The third-order valence-corrected chi connectivity index (χ3v) is 4.98. The van der Waals surface area contributed by atoms with Crippen LogP contribution in [0.15, 0.2) is 84.9 Å². The second-order valence-corrected chi connectivity index (χ2v) is 6.77. The van der Waals surface area contributed by atoms with Crippen molar-refractivity contribution < 1.29 is 3.96 Å². The molecule has 5 heteroatoms. The van der Waals surface area contributed by atoms with Gasteiger partial charge in [-0.05, 0) is 41.4 Å². The first-order valence-corrected chi connectivity index (χ1v) is 9.02. The quantitative estimate of drug-likeness (QED) is 0.485. The molecule has 0 fully saturated rings. The van der Waals surface area contributed by atoms with Crippen molar-refractivity contribution in [3.63, 3.8) is 0 Å². The van der Waals surface area contributed by atoms with Gasteiger partial charge in [-0.25, -0.2) is 0 Å². The van der Waals surface area contributed by atoms with E-state index < -0.39 is 0 Å². The van der Waals surface area contributed by atoms with Gasteiger partial charge >= 0.3 is 11.0 Å². The molecule has 0 saturated heterocycles. The second-order valence-electron chi connectivity index (χ2n) is 5.43. The highest BCUT2D eigenvalue weighted by Crippen LogP contribution is 2.28. The number of anilines is 2. The molecule has 1 heterocycles. The third kappa shape index (κ3) is 3.40. The van der Waals surface area contributed by atoms with Crippen molar-refractivity contribution in [2.45, 2.75) is 0 Å². The van der Waals surface area contributed by atoms with Gasteiger partial charge < -0.3 is 5.32 Å². The Morgan fingerprint density at radius 3 is 2.16 bits per heavy atom. The maximum Gasteiger partial charge on any atom is 0.350 e. The highest BCUT2D eigenvalue weighted by molar-refractivity contribution is 7.06. The minimum absolute atomic E-state index is 0.672. The van der Waals surface area contributed by atoms with Crippen molar-refractivity contribution in [2.24, 2.45) is 0 Å². The zero-order chi connectivity index (χ0) is 17.1. The van der Waals surface area contributed by atoms with Crippen LogP contribution in [-0.2, 0) is 0 Å². The predicted octanol–water partition coefficient (Wildman–Crippen LogP) is 5.48. The fourth-order valence-electron chi connectivity index (χ4n) is 2.53. The summed E-state index contributed by atoms with van der Waals surface area (Å²) in [7, 11) is 0. The molecule has 0 spiro atoms. The number of para-hydroxylation sites is 2. The SMILES string of the molecule is Clc1ccccc1Nc1nc(-c2ccccc2)[n+](-c2ccccc2)s1. The summed E-state index contributed by atoms with van der Waals surface area (Å²) in [6.45, 7) is 0. The van der Waals surface area contributed by atoms with Crippen LogP contribution in [0.25, 0.3) is 17.1 Å². The van der Waals surface area contributed by atoms with E-state index in [0.29, 0.717) is 5.02 Å². The van der Waals surface area contributed by atoms with E-state index in [9.17, 15) is 0 Å². The normalized spacial score (nSPS) is 10.6. The summed E-state index contributed by atoms with van der Waals surface area (Å²) >= 11 is 7.81. The summed E-state index contributed by atoms with van der Waals surface area (Å²) in [4.78, 5) is 4.80. The summed E-state index contributed by atoms with van der Waals surface area (Å²) in [5, 5.41) is 4.79. The van der Waals surface area contributed by atoms with Crippen LogP contribution < -0.4 is 9.27 Å². The Morgan fingerprint density at radius 2 is 1.44 bits per heavy atom. The van der Waals surface area contributed by atoms with Gasteiger partial charge in [0.25, 0.3) is 0 Å². The first-order chi connectivity index (χ1) is 12.3. The van der Waals surface area contributed by atoms with Crippen molar-refractivity contribution in [3.8, 4) is 17.1 Å². The molecule has 0 aliphatic carbocycles. The topological polar surface area (TPSA) is 28.8 Å². The Morgan fingerprint density at radius 1 is 0.800 bits per heavy atom. The van der Waals surface area contributed by atoms with Crippen LogP contribution >= 0.6 is 23.1 Å². The molecule has 25 heavy (non-hydrogen) atoms. The molecular formula is C20H15ClN3S+. The number of rotatable bonds is 4. The Hall–Kier alpha value is -2.69. The summed E-state index contributed by atoms with van der Waals surface area (Å²) in [6, 6.07) is 28.0. The summed E-state index contributed by atoms with van der Waals surface area (Å²) in [6.07, 6.45) is 0. The molecule has 4 rings (SSSR count). The lowest BCUT2D eigenvalue weighted by molar-refractivity contribution is -0.509. The first-order valence-electron chi connectivity index (χ1n) is 7.87. The van der Waals surface area contributed by atoms with Crippen LogP contribution in [0.5, 0.6) is 0 Å². The van der Waals surface area contributed by atoms with Crippen LogP contribution in [0.4, 0.5) is 10.8 Å². The van der Waals surface area contributed by atoms with Crippen molar-refractivity contribution in [1.29, 1.82) is 0 Å². The average molecular weight is 365 g/mol. The minimum Gasteiger partial charge on any atom is -0.306 e. The van der Waals surface area contributed by atoms with E-state index in [1.54, 1.807) is 11.5 Å². The number of aromatic nitrogens is 2. The summed E-state index contributed by atoms with van der Waals surface area (Å²) in [5.41, 5.74) is 2.98. The van der Waals surface area contributed by atoms with E-state index in [1.165, 1.54) is 0 Å². The van der Waals surface area contributed by atoms with E-state index in [-0.39, 0.29) is 0 Å². The molecule has 3 aromatic carbocycles. The van der Waals surface area contributed by atoms with Gasteiger partial charge in [-0.1, -0.05) is 60.1 Å². The number of benzene rings is 3. The van der Waals surface area contributed by atoms with Crippen molar-refractivity contribution in [1.82, 2.24) is 4.98 Å². The molecule has 0 amide bonds. The van der Waals surface area contributed by atoms with Crippen LogP contribution in [0.1, 0.15) is 0 Å². The fraction of sp³-hybridized carbons (Fsp3) is 0. The fourth-order valence-corrected chi connectivity index (χ4v) is 3.63. The zero-order valence-electron chi connectivity index (χ0n) is 13.3. The molecule has 0 aliphatic heterocycles. The smallest absolute Gasteiger partial charge is 0.306 e. The molecule has 1 N–H and O–H groups in total. The van der Waals surface area contributed by atoms with Crippen LogP contribution in [0, 0.1) is 0 Å². The number of nitrogens with one attached hydrogen (secondary N) is 1. The Balaban J connectivity index is 1.80. The molecule has 0 atom stereocenters. The highest BCUT2D eigenvalue weighted by atomic mass is 35.5. The standard InChI is InChI=1S/C20H14ClN3S/c21-17-13-7-8-14-18(17)22-20-23-19(15-9-3-1-4-10-15)24(25-20)16-11-5-2-6-12-16/h1-14H/p+1. The highest BCUT2D eigenvalue weighted by Gasteiger charge is 2.24. The maximum absolute atomic E-state index is 6.26. The van der Waals surface area contributed by atoms with Gasteiger partial charge in [0.2, 0.25) is 0 Å². The van der Waals surface area contributed by atoms with Crippen LogP contribution in [0.3, 0.4) is 0 Å². The molecule has 4 aromatic rings. The van der Waals surface area contributed by atoms with Crippen molar-refractivity contribution >= 4 is 34.0 Å². The molecule has 0 radical (unpaired) electrons. The third-order valence-electron chi connectivity index (χ3n) is 3.72. The van der Waals surface area contributed by atoms with Crippen LogP contribution in [0.2, 0.25) is 5.02 Å². The summed E-state index contributed by atoms with van der Waals surface area (Å²) in [5.74, 6) is 0.895. The van der Waals surface area contributed by atoms with Gasteiger partial charge in [0, 0.05) is 0 Å². The molecule has 3 nitrogen and oxygen atoms in total. The van der Waals surface area contributed by atoms with E-state index in [2.05, 4.69) is 33.5 Å². The van der Waals surface area contributed by atoms with Crippen molar-refractivity contribution in [2.75, 3.05) is 5.32 Å². The second kappa shape index (κ2) is 7.05. The number of halogens is 1. The monoisotopic (exact) mass is 364 g/mol. The largest absolute Gasteiger partial charge is 0.350 e. The lowest BCUT2D eigenvalue weighted by atomic mass is 10.2. The van der Waals surface area contributed by atoms with Gasteiger partial charge in [0.1, 0.15) is 17.2 Å². The Bertz CT molecular complexity index is 927. The predicted molar refractivity (Wildman–Crippen MR) is 104 cm³/mol. The van der Waals surface area contributed by atoms with E-state index in [1.807, 2.05) is 60.7 Å². The van der Waals surface area contributed by atoms with Gasteiger partial charge in [0.05, 0.1) is 16.3 Å². The minimum atomic E-state index is 0.672. The molecule has 0 aliphatic rings. The van der Waals surface area contributed by atoms with Crippen LogP contribution in [-0.4, -0.2) is 4.98 Å². The Kier molecular flexibility index (Phi) is 4.46. The average Bonchev–Trinajstić information content (AvgIpc) is 3.09.